The third kappa shape index (κ3) is 18.0. The zero-order valence-corrected chi connectivity index (χ0v) is 45.4. The van der Waals surface area contributed by atoms with Crippen LogP contribution >= 0.6 is 0 Å². The largest absolute Gasteiger partial charge is 0.0878 e. The van der Waals surface area contributed by atoms with E-state index in [1.807, 2.05) is 16.7 Å². The molecule has 15 atom stereocenters. The molecule has 0 spiro atoms. The summed E-state index contributed by atoms with van der Waals surface area (Å²) >= 11 is 0. The molecule has 2 rings (SSSR count). The number of hydrogen-bond acceptors (Lipinski definition) is 0. The lowest BCUT2D eigenvalue weighted by molar-refractivity contribution is 0.0605. The Labute approximate surface area is 387 Å². The highest BCUT2D eigenvalue weighted by Crippen LogP contribution is 2.53. The first kappa shape index (κ1) is 56.6. The van der Waals surface area contributed by atoms with E-state index in [0.717, 1.165) is 101 Å². The molecule has 2 aliphatic rings. The SMILES string of the molecule is CC=C(CC1=C(CCC)C1)C1C(CC(CC)CC(C(C)C)C(CC)C(CC)CC(CC)C(CC)CCCC(C)CC(C)C(C)C(C)CC)CCCC1C(CC)C(C)CC(C)C. The maximum atomic E-state index is 2.64. The highest BCUT2D eigenvalue weighted by Gasteiger charge is 2.42. The van der Waals surface area contributed by atoms with Gasteiger partial charge in [0.2, 0.25) is 0 Å². The van der Waals surface area contributed by atoms with E-state index < -0.39 is 0 Å². The van der Waals surface area contributed by atoms with Crippen molar-refractivity contribution >= 4 is 0 Å². The van der Waals surface area contributed by atoms with E-state index >= 15 is 0 Å². The Hall–Kier alpha value is -0.520. The Morgan fingerprint density at radius 1 is 0.607 bits per heavy atom. The fraction of sp³-hybridized carbons (Fsp3) is 0.934. The van der Waals surface area contributed by atoms with Crippen LogP contribution in [0.15, 0.2) is 22.8 Å². The Morgan fingerprint density at radius 2 is 1.28 bits per heavy atom. The second kappa shape index (κ2) is 29.9. The lowest BCUT2D eigenvalue weighted by Crippen LogP contribution is -2.38. The van der Waals surface area contributed by atoms with Gasteiger partial charge in [-0.25, -0.2) is 0 Å². The fourth-order valence-corrected chi connectivity index (χ4v) is 14.6. The molecule has 0 heterocycles. The van der Waals surface area contributed by atoms with Crippen molar-refractivity contribution in [2.75, 3.05) is 0 Å². The summed E-state index contributed by atoms with van der Waals surface area (Å²) in [4.78, 5) is 0. The van der Waals surface area contributed by atoms with Crippen molar-refractivity contribution in [2.24, 2.45) is 101 Å². The Morgan fingerprint density at radius 3 is 1.80 bits per heavy atom. The minimum atomic E-state index is 0.767. The monoisotopic (exact) mass is 849 g/mol. The third-order valence-electron chi connectivity index (χ3n) is 18.9. The van der Waals surface area contributed by atoms with Crippen molar-refractivity contribution in [2.45, 2.75) is 266 Å². The summed E-state index contributed by atoms with van der Waals surface area (Å²) in [5.41, 5.74) is 5.49. The highest BCUT2D eigenvalue weighted by atomic mass is 14.5. The van der Waals surface area contributed by atoms with Gasteiger partial charge in [-0.1, -0.05) is 218 Å². The summed E-state index contributed by atoms with van der Waals surface area (Å²) in [7, 11) is 0. The van der Waals surface area contributed by atoms with E-state index in [9.17, 15) is 0 Å². The highest BCUT2D eigenvalue weighted by molar-refractivity contribution is 5.39. The molecule has 15 unspecified atom stereocenters. The first-order valence-corrected chi connectivity index (χ1v) is 28.4. The van der Waals surface area contributed by atoms with Gasteiger partial charge in [0.25, 0.3) is 0 Å². The first-order chi connectivity index (χ1) is 29.1. The third-order valence-corrected chi connectivity index (χ3v) is 18.9. The van der Waals surface area contributed by atoms with E-state index in [4.69, 9.17) is 0 Å². The van der Waals surface area contributed by atoms with Crippen molar-refractivity contribution < 1.29 is 0 Å². The Balaban J connectivity index is 2.29. The standard InChI is InChI=1S/C61H116/c1-19-30-54-41-56(54)40-53(25-7)61-55(33-29-34-59(61)57(26-8)47(17)35-42(10)11)37-49(21-3)38-60(43(12)13)58(27-9)52(24-6)39-51(23-5)50(22-4)32-28-31-44(14)36-46(16)48(18)45(15)20-2/h25,42-52,55,57-61H,19-24,26-41H2,1-18H3. The number of hydrogen-bond donors (Lipinski definition) is 0. The van der Waals surface area contributed by atoms with Gasteiger partial charge in [-0.2, -0.15) is 0 Å². The van der Waals surface area contributed by atoms with Crippen molar-refractivity contribution in [3.63, 3.8) is 0 Å². The van der Waals surface area contributed by atoms with E-state index in [1.165, 1.54) is 141 Å². The minimum absolute atomic E-state index is 0.767. The van der Waals surface area contributed by atoms with Gasteiger partial charge in [-0.05, 0) is 172 Å². The molecule has 0 aliphatic heterocycles. The van der Waals surface area contributed by atoms with Gasteiger partial charge in [-0.15, -0.1) is 0 Å². The van der Waals surface area contributed by atoms with Crippen LogP contribution in [0, 0.1) is 101 Å². The Kier molecular flexibility index (Phi) is 27.7. The molecule has 0 heteroatoms. The molecule has 0 saturated heterocycles. The van der Waals surface area contributed by atoms with Gasteiger partial charge in [0, 0.05) is 0 Å². The Bertz CT molecular complexity index is 1180. The summed E-state index contributed by atoms with van der Waals surface area (Å²) in [6.07, 6.45) is 33.4. The van der Waals surface area contributed by atoms with Gasteiger partial charge in [-0.3, -0.25) is 0 Å². The molecular formula is C61H116. The van der Waals surface area contributed by atoms with Crippen LogP contribution in [-0.4, -0.2) is 0 Å². The second-order valence-electron chi connectivity index (χ2n) is 23.7. The summed E-state index contributed by atoms with van der Waals surface area (Å²) in [6, 6.07) is 0. The van der Waals surface area contributed by atoms with E-state index in [0.29, 0.717) is 0 Å². The molecule has 0 aromatic heterocycles. The van der Waals surface area contributed by atoms with Crippen molar-refractivity contribution in [3.05, 3.63) is 22.8 Å². The topological polar surface area (TPSA) is 0 Å². The predicted octanol–water partition coefficient (Wildman–Crippen LogP) is 20.7. The number of rotatable bonds is 34. The minimum Gasteiger partial charge on any atom is -0.0878 e. The van der Waals surface area contributed by atoms with Gasteiger partial charge in [0.05, 0.1) is 0 Å². The normalized spacial score (nSPS) is 24.9. The fourth-order valence-electron chi connectivity index (χ4n) is 14.6. The molecule has 0 aromatic rings. The van der Waals surface area contributed by atoms with Crippen LogP contribution in [0.3, 0.4) is 0 Å². The van der Waals surface area contributed by atoms with Gasteiger partial charge < -0.3 is 0 Å². The van der Waals surface area contributed by atoms with Gasteiger partial charge in [0.1, 0.15) is 0 Å². The van der Waals surface area contributed by atoms with Crippen LogP contribution in [0.25, 0.3) is 0 Å². The molecule has 360 valence electrons. The van der Waals surface area contributed by atoms with Crippen LogP contribution in [0.2, 0.25) is 0 Å². The van der Waals surface area contributed by atoms with E-state index in [2.05, 4.69) is 131 Å². The van der Waals surface area contributed by atoms with Gasteiger partial charge in [0.15, 0.2) is 0 Å². The summed E-state index contributed by atoms with van der Waals surface area (Å²) in [6.45, 7) is 45.4. The van der Waals surface area contributed by atoms with Gasteiger partial charge >= 0.3 is 0 Å². The smallest absolute Gasteiger partial charge is 0.00995 e. The maximum Gasteiger partial charge on any atom is -0.00995 e. The van der Waals surface area contributed by atoms with Crippen molar-refractivity contribution in [1.82, 2.24) is 0 Å². The molecule has 0 aromatic carbocycles. The van der Waals surface area contributed by atoms with Crippen LogP contribution in [0.4, 0.5) is 0 Å². The van der Waals surface area contributed by atoms with E-state index in [1.54, 1.807) is 0 Å². The maximum absolute atomic E-state index is 2.64. The molecule has 1 fully saturated rings. The molecule has 0 radical (unpaired) electrons. The average molecular weight is 850 g/mol. The molecular weight excluding hydrogens is 733 g/mol. The zero-order valence-electron chi connectivity index (χ0n) is 45.4. The predicted molar refractivity (Wildman–Crippen MR) is 278 cm³/mol. The van der Waals surface area contributed by atoms with E-state index in [-0.39, 0.29) is 0 Å². The van der Waals surface area contributed by atoms with Crippen molar-refractivity contribution in [3.8, 4) is 0 Å². The molecule has 0 N–H and O–H groups in total. The summed E-state index contributed by atoms with van der Waals surface area (Å²) < 4.78 is 0. The molecule has 0 amide bonds. The molecule has 0 bridgehead atoms. The quantitative estimate of drug-likeness (QED) is 0.0566. The zero-order chi connectivity index (χ0) is 45.8. The first-order valence-electron chi connectivity index (χ1n) is 28.4. The summed E-state index contributed by atoms with van der Waals surface area (Å²) in [5.74, 6) is 14.4. The molecule has 2 aliphatic carbocycles. The van der Waals surface area contributed by atoms with Crippen LogP contribution < -0.4 is 0 Å². The number of allylic oxidation sites excluding steroid dienone is 4. The second-order valence-corrected chi connectivity index (χ2v) is 23.7. The lowest BCUT2D eigenvalue weighted by atomic mass is 9.58. The average Bonchev–Trinajstić information content (AvgIpc) is 3.98. The lowest BCUT2D eigenvalue weighted by Gasteiger charge is -2.47. The van der Waals surface area contributed by atoms with Crippen LogP contribution in [0.1, 0.15) is 266 Å². The molecule has 1 saturated carbocycles. The molecule has 61 heavy (non-hydrogen) atoms. The van der Waals surface area contributed by atoms with Crippen LogP contribution in [-0.2, 0) is 0 Å². The molecule has 0 nitrogen and oxygen atoms in total. The van der Waals surface area contributed by atoms with Crippen LogP contribution in [0.5, 0.6) is 0 Å². The van der Waals surface area contributed by atoms with Crippen molar-refractivity contribution in [1.29, 1.82) is 0 Å². The summed E-state index contributed by atoms with van der Waals surface area (Å²) in [5, 5.41) is 0.